The first-order valence-corrected chi connectivity index (χ1v) is 9.02. The van der Waals surface area contributed by atoms with Crippen LogP contribution < -0.4 is 5.32 Å². The molecule has 1 saturated carbocycles. The summed E-state index contributed by atoms with van der Waals surface area (Å²) >= 11 is 1.39. The number of aromatic nitrogens is 3. The Labute approximate surface area is 146 Å². The topological polar surface area (TPSA) is 69.0 Å². The minimum Gasteiger partial charge on any atom is -0.383 e. The number of nitrogens with zero attached hydrogens (tertiary/aromatic N) is 3. The highest BCUT2D eigenvalue weighted by atomic mass is 32.2. The molecule has 1 aliphatic carbocycles. The van der Waals surface area contributed by atoms with Gasteiger partial charge < -0.3 is 10.1 Å². The molecule has 1 unspecified atom stereocenters. The van der Waals surface area contributed by atoms with E-state index in [0.717, 1.165) is 24.4 Å². The van der Waals surface area contributed by atoms with E-state index in [1.807, 2.05) is 41.9 Å². The maximum absolute atomic E-state index is 12.1. The summed E-state index contributed by atoms with van der Waals surface area (Å²) in [5, 5.41) is 7.87. The molecule has 1 aromatic heterocycles. The highest BCUT2D eigenvalue weighted by Gasteiger charge is 2.31. The molecule has 2 aromatic rings. The van der Waals surface area contributed by atoms with Gasteiger partial charge in [0.25, 0.3) is 0 Å². The molecule has 128 valence electrons. The van der Waals surface area contributed by atoms with Gasteiger partial charge >= 0.3 is 0 Å². The van der Waals surface area contributed by atoms with Crippen molar-refractivity contribution < 1.29 is 9.53 Å². The van der Waals surface area contributed by atoms with E-state index in [4.69, 9.17) is 4.74 Å². The Morgan fingerprint density at radius 2 is 2.17 bits per heavy atom. The van der Waals surface area contributed by atoms with Gasteiger partial charge in [0.15, 0.2) is 0 Å². The minimum atomic E-state index is -0.250. The first-order chi connectivity index (χ1) is 11.7. The summed E-state index contributed by atoms with van der Waals surface area (Å²) in [7, 11) is 1.61. The first kappa shape index (κ1) is 17.0. The summed E-state index contributed by atoms with van der Waals surface area (Å²) in [6, 6.07) is 10.0. The van der Waals surface area contributed by atoms with Gasteiger partial charge in [-0.3, -0.25) is 4.79 Å². The number of benzene rings is 1. The molecule has 1 aliphatic rings. The molecule has 0 saturated heterocycles. The number of carbonyl (C=O) groups excluding carboxylic acids is 1. The van der Waals surface area contributed by atoms with Crippen LogP contribution in [0.2, 0.25) is 0 Å². The Kier molecular flexibility index (Phi) is 5.52. The number of carbonyl (C=O) groups is 1. The lowest BCUT2D eigenvalue weighted by atomic mass is 10.3. The molecule has 0 bridgehead atoms. The van der Waals surface area contributed by atoms with Crippen LogP contribution >= 0.6 is 11.8 Å². The van der Waals surface area contributed by atoms with Gasteiger partial charge in [-0.1, -0.05) is 30.0 Å². The van der Waals surface area contributed by atoms with Crippen LogP contribution in [0.4, 0.5) is 0 Å². The van der Waals surface area contributed by atoms with Gasteiger partial charge in [0.1, 0.15) is 5.82 Å². The van der Waals surface area contributed by atoms with E-state index < -0.39 is 0 Å². The Bertz CT molecular complexity index is 685. The lowest BCUT2D eigenvalue weighted by molar-refractivity contribution is -0.120. The maximum atomic E-state index is 12.1. The number of hydrogen-bond donors (Lipinski definition) is 1. The Hall–Kier alpha value is -1.86. The Morgan fingerprint density at radius 1 is 1.42 bits per heavy atom. The fraction of sp³-hybridized carbons (Fsp3) is 0.471. The van der Waals surface area contributed by atoms with Crippen LogP contribution in [0.15, 0.2) is 35.5 Å². The van der Waals surface area contributed by atoms with Crippen molar-refractivity contribution >= 4 is 17.7 Å². The number of ether oxygens (including phenoxy) is 1. The largest absolute Gasteiger partial charge is 0.383 e. The van der Waals surface area contributed by atoms with Crippen molar-refractivity contribution in [2.45, 2.75) is 36.1 Å². The van der Waals surface area contributed by atoms with E-state index >= 15 is 0 Å². The third kappa shape index (κ3) is 4.15. The molecule has 7 heteroatoms. The number of thioether (sulfide) groups is 1. The number of amides is 1. The van der Waals surface area contributed by atoms with E-state index in [-0.39, 0.29) is 11.2 Å². The number of para-hydroxylation sites is 1. The fourth-order valence-electron chi connectivity index (χ4n) is 2.35. The molecule has 6 nitrogen and oxygen atoms in total. The summed E-state index contributed by atoms with van der Waals surface area (Å²) in [6.45, 7) is 2.89. The third-order valence-electron chi connectivity index (χ3n) is 3.81. The molecule has 1 aromatic carbocycles. The van der Waals surface area contributed by atoms with Crippen LogP contribution in [0.1, 0.15) is 31.5 Å². The van der Waals surface area contributed by atoms with Gasteiger partial charge in [0.2, 0.25) is 11.1 Å². The van der Waals surface area contributed by atoms with Crippen LogP contribution in [-0.2, 0) is 9.53 Å². The molecule has 0 aliphatic heterocycles. The second-order valence-electron chi connectivity index (χ2n) is 5.82. The predicted octanol–water partition coefficient (Wildman–Crippen LogP) is 2.39. The van der Waals surface area contributed by atoms with Crippen molar-refractivity contribution in [1.82, 2.24) is 20.1 Å². The summed E-state index contributed by atoms with van der Waals surface area (Å²) < 4.78 is 6.85. The van der Waals surface area contributed by atoms with Crippen molar-refractivity contribution in [2.75, 3.05) is 20.3 Å². The summed E-state index contributed by atoms with van der Waals surface area (Å²) in [5.41, 5.74) is 1.01. The highest BCUT2D eigenvalue weighted by molar-refractivity contribution is 8.00. The van der Waals surface area contributed by atoms with Gasteiger partial charge in [-0.2, -0.15) is 0 Å². The normalized spacial score (nSPS) is 15.2. The average Bonchev–Trinajstić information content (AvgIpc) is 3.36. The second kappa shape index (κ2) is 7.81. The second-order valence-corrected chi connectivity index (χ2v) is 7.13. The molecule has 24 heavy (non-hydrogen) atoms. The fourth-order valence-corrected chi connectivity index (χ4v) is 3.13. The van der Waals surface area contributed by atoms with Crippen LogP contribution in [0.3, 0.4) is 0 Å². The van der Waals surface area contributed by atoms with Crippen molar-refractivity contribution in [3.63, 3.8) is 0 Å². The smallest absolute Gasteiger partial charge is 0.233 e. The molecule has 1 fully saturated rings. The zero-order valence-corrected chi connectivity index (χ0v) is 14.8. The van der Waals surface area contributed by atoms with Crippen molar-refractivity contribution in [3.8, 4) is 5.69 Å². The van der Waals surface area contributed by atoms with E-state index in [1.165, 1.54) is 11.8 Å². The van der Waals surface area contributed by atoms with Crippen molar-refractivity contribution in [1.29, 1.82) is 0 Å². The van der Waals surface area contributed by atoms with Crippen LogP contribution in [-0.4, -0.2) is 46.2 Å². The third-order valence-corrected chi connectivity index (χ3v) is 4.76. The number of rotatable bonds is 8. The lowest BCUT2D eigenvalue weighted by Gasteiger charge is -2.09. The van der Waals surface area contributed by atoms with Gasteiger partial charge in [0.05, 0.1) is 17.5 Å². The van der Waals surface area contributed by atoms with Crippen LogP contribution in [0, 0.1) is 0 Å². The molecule has 1 amide bonds. The monoisotopic (exact) mass is 346 g/mol. The predicted molar refractivity (Wildman–Crippen MR) is 93.5 cm³/mol. The number of methoxy groups -OCH3 is 1. The van der Waals surface area contributed by atoms with Crippen molar-refractivity contribution in [2.24, 2.45) is 0 Å². The summed E-state index contributed by atoms with van der Waals surface area (Å²) in [4.78, 5) is 16.8. The molecule has 1 N–H and O–H groups in total. The van der Waals surface area contributed by atoms with Gasteiger partial charge in [-0.05, 0) is 31.9 Å². The van der Waals surface area contributed by atoms with Crippen LogP contribution in [0.5, 0.6) is 0 Å². The molecule has 1 heterocycles. The standard InChI is InChI=1S/C17H22N4O2S/c1-12(16(22)18-10-11-23-2)24-17-19-15(13-8-9-13)21(20-17)14-6-4-3-5-7-14/h3-7,12-13H,8-11H2,1-2H3,(H,18,22). The first-order valence-electron chi connectivity index (χ1n) is 8.14. The van der Waals surface area contributed by atoms with E-state index in [9.17, 15) is 4.79 Å². The Balaban J connectivity index is 1.71. The zero-order chi connectivity index (χ0) is 16.9. The zero-order valence-electron chi connectivity index (χ0n) is 13.9. The number of nitrogens with one attached hydrogen (secondary N) is 1. The van der Waals surface area contributed by atoms with E-state index in [2.05, 4.69) is 15.4 Å². The molecule has 0 radical (unpaired) electrons. The molecule has 0 spiro atoms. The quantitative estimate of drug-likeness (QED) is 0.587. The Morgan fingerprint density at radius 3 is 2.83 bits per heavy atom. The minimum absolute atomic E-state index is 0.0268. The average molecular weight is 346 g/mol. The number of hydrogen-bond acceptors (Lipinski definition) is 5. The van der Waals surface area contributed by atoms with Crippen LogP contribution in [0.25, 0.3) is 5.69 Å². The molecule has 1 atom stereocenters. The lowest BCUT2D eigenvalue weighted by Crippen LogP contribution is -2.33. The maximum Gasteiger partial charge on any atom is 0.233 e. The van der Waals surface area contributed by atoms with Gasteiger partial charge in [-0.15, -0.1) is 5.10 Å². The SMILES string of the molecule is COCCNC(=O)C(C)Sc1nc(C2CC2)n(-c2ccccc2)n1. The highest BCUT2D eigenvalue weighted by Crippen LogP contribution is 2.40. The van der Waals surface area contributed by atoms with Gasteiger partial charge in [-0.25, -0.2) is 9.67 Å². The van der Waals surface area contributed by atoms with E-state index in [1.54, 1.807) is 7.11 Å². The summed E-state index contributed by atoms with van der Waals surface area (Å²) in [6.07, 6.45) is 2.31. The van der Waals surface area contributed by atoms with E-state index in [0.29, 0.717) is 24.2 Å². The summed E-state index contributed by atoms with van der Waals surface area (Å²) in [5.74, 6) is 1.45. The van der Waals surface area contributed by atoms with Crippen molar-refractivity contribution in [3.05, 3.63) is 36.2 Å². The molecule has 3 rings (SSSR count). The molecular formula is C17H22N4O2S. The molecular weight excluding hydrogens is 324 g/mol. The van der Waals surface area contributed by atoms with Gasteiger partial charge in [0, 0.05) is 19.6 Å².